The monoisotopic (exact) mass is 1220 g/mol. The highest BCUT2D eigenvalue weighted by molar-refractivity contribution is 6.52. The Kier molecular flexibility index (Phi) is 12.7. The van der Waals surface area contributed by atoms with Crippen molar-refractivity contribution in [1.29, 1.82) is 0 Å². The van der Waals surface area contributed by atoms with Crippen LogP contribution >= 0.6 is 0 Å². The van der Waals surface area contributed by atoms with E-state index in [1.165, 1.54) is 114 Å². The van der Waals surface area contributed by atoms with Crippen LogP contribution in [0.25, 0.3) is 166 Å². The van der Waals surface area contributed by atoms with E-state index in [0.29, 0.717) is 0 Å². The Morgan fingerprint density at radius 1 is 0.245 bits per heavy atom. The molecule has 0 amide bonds. The summed E-state index contributed by atoms with van der Waals surface area (Å²) in [5.41, 5.74) is 23.4. The minimum Gasteiger partial charge on any atom is -0.354 e. The fourth-order valence-corrected chi connectivity index (χ4v) is 15.4. The Hall–Kier alpha value is -9.38. The highest BCUT2D eigenvalue weighted by Crippen LogP contribution is 2.55. The topological polar surface area (TPSA) is 57.4 Å². The van der Waals surface area contributed by atoms with Crippen LogP contribution in [0.2, 0.25) is 0 Å². The second kappa shape index (κ2) is 20.1. The first-order chi connectivity index (χ1) is 44.3. The van der Waals surface area contributed by atoms with Crippen LogP contribution < -0.4 is 0 Å². The summed E-state index contributed by atoms with van der Waals surface area (Å²) in [6.07, 6.45) is 9.04. The third kappa shape index (κ3) is 9.43. The molecule has 4 nitrogen and oxygen atoms in total. The fourth-order valence-electron chi connectivity index (χ4n) is 15.4. The van der Waals surface area contributed by atoms with Crippen molar-refractivity contribution in [1.82, 2.24) is 19.9 Å². The predicted molar refractivity (Wildman–Crippen MR) is 409 cm³/mol. The Balaban J connectivity index is 1.11. The maximum atomic E-state index is 6.02. The van der Waals surface area contributed by atoms with Gasteiger partial charge in [-0.25, -0.2) is 9.97 Å². The molecule has 94 heavy (non-hydrogen) atoms. The van der Waals surface area contributed by atoms with E-state index in [1.807, 2.05) is 0 Å². The van der Waals surface area contributed by atoms with Crippen molar-refractivity contribution in [3.63, 3.8) is 0 Å². The minimum absolute atomic E-state index is 0.112. The number of H-pyrrole nitrogens is 2. The number of nitrogens with zero attached hydrogens (tertiary/aromatic N) is 2. The largest absolute Gasteiger partial charge is 0.354 e. The van der Waals surface area contributed by atoms with Crippen molar-refractivity contribution < 1.29 is 0 Å². The van der Waals surface area contributed by atoms with Crippen molar-refractivity contribution in [3.05, 3.63) is 214 Å². The smallest absolute Gasteiger partial charge is 0.0737 e. The Morgan fingerprint density at radius 2 is 0.564 bits per heavy atom. The molecule has 3 aromatic heterocycles. The second-order valence-corrected chi connectivity index (χ2v) is 33.7. The van der Waals surface area contributed by atoms with Crippen LogP contribution in [0.15, 0.2) is 158 Å². The van der Waals surface area contributed by atoms with Crippen molar-refractivity contribution >= 4 is 122 Å². The molecule has 466 valence electrons. The molecular formula is C90H86N4. The maximum Gasteiger partial charge on any atom is 0.0737 e. The van der Waals surface area contributed by atoms with E-state index in [0.717, 1.165) is 83.8 Å². The summed E-state index contributed by atoms with van der Waals surface area (Å²) in [4.78, 5) is 20.2. The highest BCUT2D eigenvalue weighted by atomic mass is 14.8. The van der Waals surface area contributed by atoms with Gasteiger partial charge < -0.3 is 9.97 Å². The normalized spacial score (nSPS) is 13.8. The summed E-state index contributed by atoms with van der Waals surface area (Å²) in [5.74, 6) is 0. The van der Waals surface area contributed by atoms with Crippen LogP contribution in [0.3, 0.4) is 0 Å². The molecule has 0 spiro atoms. The summed E-state index contributed by atoms with van der Waals surface area (Å²) in [6, 6.07) is 61.5. The SMILES string of the molecule is CC(C)(C)c1cc(-c2c3nc(c(-c4cc(C(C)(C)C)cc(C(C)(C)C)c4)c4ccc([nH]4)c(-c4cc(C(C)(C)C)cc(C(C)(C)C)c4)c4nc(cc5[nH]c2cc5-c2cc5c6ccccc6c6ccc7c8ccccc8c8ccc2c2c8c7c6c52)C=C4)C=C3)cc(C(C)(C)C)c1. The first-order valence-electron chi connectivity index (χ1n) is 34.0. The molecule has 2 N–H and O–H groups in total. The number of fused-ring (bicyclic) bond motifs is 14. The molecule has 0 saturated heterocycles. The molecule has 0 radical (unpaired) electrons. The molecule has 0 saturated carbocycles. The fraction of sp³-hybridized carbons (Fsp3) is 0.267. The molecule has 11 aromatic carbocycles. The van der Waals surface area contributed by atoms with Gasteiger partial charge in [0.2, 0.25) is 0 Å². The summed E-state index contributed by atoms with van der Waals surface area (Å²) < 4.78 is 0. The Bertz CT molecular complexity index is 5630. The molecule has 8 bridgehead atoms. The summed E-state index contributed by atoms with van der Waals surface area (Å²) >= 11 is 0. The van der Waals surface area contributed by atoms with Gasteiger partial charge >= 0.3 is 0 Å². The average molecular weight is 1220 g/mol. The van der Waals surface area contributed by atoms with Gasteiger partial charge in [-0.2, -0.15) is 0 Å². The molecule has 2 aliphatic rings. The first kappa shape index (κ1) is 59.6. The number of nitrogens with one attached hydrogen (secondary N) is 2. The van der Waals surface area contributed by atoms with E-state index in [1.54, 1.807) is 0 Å². The molecule has 16 rings (SSSR count). The van der Waals surface area contributed by atoms with E-state index in [2.05, 4.69) is 317 Å². The lowest BCUT2D eigenvalue weighted by Crippen LogP contribution is -2.16. The van der Waals surface area contributed by atoms with Gasteiger partial charge in [-0.05, 0) is 218 Å². The molecule has 0 atom stereocenters. The van der Waals surface area contributed by atoms with E-state index in [-0.39, 0.29) is 32.5 Å². The third-order valence-corrected chi connectivity index (χ3v) is 20.9. The minimum atomic E-state index is -0.143. The summed E-state index contributed by atoms with van der Waals surface area (Å²) in [6.45, 7) is 42.0. The van der Waals surface area contributed by atoms with E-state index in [9.17, 15) is 0 Å². The number of benzene rings is 10. The molecule has 0 unspecified atom stereocenters. The predicted octanol–water partition coefficient (Wildman–Crippen LogP) is 25.5. The number of rotatable bonds is 4. The molecule has 5 heterocycles. The lowest BCUT2D eigenvalue weighted by Gasteiger charge is -2.26. The average Bonchev–Trinajstić information content (AvgIpc) is 1.50. The third-order valence-electron chi connectivity index (χ3n) is 20.9. The van der Waals surface area contributed by atoms with Crippen molar-refractivity contribution in [2.24, 2.45) is 0 Å². The summed E-state index contributed by atoms with van der Waals surface area (Å²) in [5, 5.41) is 18.4. The second-order valence-electron chi connectivity index (χ2n) is 33.7. The van der Waals surface area contributed by atoms with E-state index in [4.69, 9.17) is 9.97 Å². The van der Waals surface area contributed by atoms with Crippen LogP contribution in [0.4, 0.5) is 0 Å². The van der Waals surface area contributed by atoms with Crippen molar-refractivity contribution in [2.75, 3.05) is 0 Å². The quantitative estimate of drug-likeness (QED) is 0.173. The highest BCUT2D eigenvalue weighted by Gasteiger charge is 2.31. The maximum absolute atomic E-state index is 6.02. The van der Waals surface area contributed by atoms with Gasteiger partial charge in [0, 0.05) is 44.3 Å². The van der Waals surface area contributed by atoms with Crippen LogP contribution in [-0.4, -0.2) is 19.9 Å². The van der Waals surface area contributed by atoms with Crippen LogP contribution in [0.1, 0.15) is 181 Å². The van der Waals surface area contributed by atoms with Gasteiger partial charge in [-0.15, -0.1) is 0 Å². The van der Waals surface area contributed by atoms with Gasteiger partial charge in [-0.3, -0.25) is 0 Å². The standard InChI is InChI=1S/C90H86N4/c1-85(2,3)52-37-49(38-53(43-52)86(4,5)6)77-70-32-27-58(91-70)46-75-68(67-47-69-62-26-22-21-25-61(62)65-29-28-63-59-23-19-20-24-60(59)64-30-31-66(67)83-81(64)80(63)82(65)84(69)83)48-76(94-75)79(51-41-56(89(13,14)15)45-57(42-51)90(16,17)18)74-36-35-73(93-74)78(72-34-33-71(77)92-72)50-39-54(87(7,8)9)44-55(40-50)88(10,11)12/h19-48,92,94H,1-18H3. The molecular weight excluding hydrogens is 1140 g/mol. The number of aromatic amines is 2. The van der Waals surface area contributed by atoms with Crippen LogP contribution in [0, 0.1) is 0 Å². The van der Waals surface area contributed by atoms with Gasteiger partial charge in [0.15, 0.2) is 0 Å². The lowest BCUT2D eigenvalue weighted by molar-refractivity contribution is 0.568. The Labute approximate surface area is 554 Å². The molecule has 0 aliphatic carbocycles. The zero-order valence-electron chi connectivity index (χ0n) is 58.2. The van der Waals surface area contributed by atoms with Crippen molar-refractivity contribution in [2.45, 2.75) is 157 Å². The molecule has 2 aliphatic heterocycles. The molecule has 14 aromatic rings. The number of hydrogen-bond donors (Lipinski definition) is 2. The number of aromatic nitrogens is 4. The lowest BCUT2D eigenvalue weighted by atomic mass is 9.78. The first-order valence-corrected chi connectivity index (χ1v) is 34.0. The zero-order chi connectivity index (χ0) is 65.8. The summed E-state index contributed by atoms with van der Waals surface area (Å²) in [7, 11) is 0. The number of hydrogen-bond acceptors (Lipinski definition) is 2. The molecule has 0 fully saturated rings. The zero-order valence-corrected chi connectivity index (χ0v) is 58.2. The van der Waals surface area contributed by atoms with Gasteiger partial charge in [0.25, 0.3) is 0 Å². The van der Waals surface area contributed by atoms with Gasteiger partial charge in [0.05, 0.1) is 22.8 Å². The van der Waals surface area contributed by atoms with Gasteiger partial charge in [-0.1, -0.05) is 252 Å². The van der Waals surface area contributed by atoms with E-state index >= 15 is 0 Å². The van der Waals surface area contributed by atoms with Crippen LogP contribution in [-0.2, 0) is 32.5 Å². The van der Waals surface area contributed by atoms with Crippen molar-refractivity contribution in [3.8, 4) is 44.5 Å². The van der Waals surface area contributed by atoms with Crippen LogP contribution in [0.5, 0.6) is 0 Å². The van der Waals surface area contributed by atoms with E-state index < -0.39 is 0 Å². The van der Waals surface area contributed by atoms with Gasteiger partial charge in [0.1, 0.15) is 0 Å². The Morgan fingerprint density at radius 3 is 0.957 bits per heavy atom. The molecule has 4 heteroatoms.